The zero-order chi connectivity index (χ0) is 20.2. The topological polar surface area (TPSA) is 91.3 Å². The van der Waals surface area contributed by atoms with Gasteiger partial charge in [0.05, 0.1) is 41.1 Å². The summed E-state index contributed by atoms with van der Waals surface area (Å²) in [5, 5.41) is 11.9. The van der Waals surface area contributed by atoms with Gasteiger partial charge in [-0.1, -0.05) is 17.3 Å². The molecule has 2 aliphatic heterocycles. The Labute approximate surface area is 172 Å². The largest absolute Gasteiger partial charge is 0.376 e. The maximum absolute atomic E-state index is 13.9. The van der Waals surface area contributed by atoms with Crippen LogP contribution in [0.5, 0.6) is 0 Å². The Bertz CT molecular complexity index is 1300. The van der Waals surface area contributed by atoms with Crippen LogP contribution in [-0.2, 0) is 4.74 Å². The number of rotatable bonds is 3. The molecule has 0 amide bonds. The maximum atomic E-state index is 13.9. The smallest absolute Gasteiger partial charge is 0.279 e. The van der Waals surface area contributed by atoms with Crippen molar-refractivity contribution in [3.05, 3.63) is 52.8 Å². The van der Waals surface area contributed by atoms with Crippen molar-refractivity contribution in [3.63, 3.8) is 0 Å². The molecule has 154 valence electrons. The molecule has 5 heterocycles. The third-order valence-electron chi connectivity index (χ3n) is 6.43. The quantitative estimate of drug-likeness (QED) is 0.561. The average Bonchev–Trinajstić information content (AvgIpc) is 3.54. The fraction of sp³-hybridized carbons (Fsp3) is 0.429. The van der Waals surface area contributed by atoms with Gasteiger partial charge in [0.25, 0.3) is 5.56 Å². The highest BCUT2D eigenvalue weighted by molar-refractivity contribution is 5.81. The molecule has 2 aliphatic rings. The van der Waals surface area contributed by atoms with Crippen LogP contribution < -0.4 is 10.9 Å². The van der Waals surface area contributed by atoms with Crippen LogP contribution in [0.3, 0.4) is 0 Å². The summed E-state index contributed by atoms with van der Waals surface area (Å²) in [5.74, 6) is 0.521. The lowest BCUT2D eigenvalue weighted by Crippen LogP contribution is -2.31. The minimum Gasteiger partial charge on any atom is -0.376 e. The molecule has 9 heteroatoms. The predicted octanol–water partition coefficient (Wildman–Crippen LogP) is 2.00. The highest BCUT2D eigenvalue weighted by atomic mass is 16.5. The third kappa shape index (κ3) is 2.48. The Morgan fingerprint density at radius 1 is 1.20 bits per heavy atom. The molecular formula is C21H23N7O2. The van der Waals surface area contributed by atoms with E-state index in [-0.39, 0.29) is 23.7 Å². The molecule has 30 heavy (non-hydrogen) atoms. The lowest BCUT2D eigenvalue weighted by molar-refractivity contribution is 0.108. The van der Waals surface area contributed by atoms with Crippen LogP contribution in [-0.4, -0.2) is 48.2 Å². The molecule has 3 unspecified atom stereocenters. The van der Waals surface area contributed by atoms with Gasteiger partial charge in [-0.2, -0.15) is 4.68 Å². The van der Waals surface area contributed by atoms with Crippen LogP contribution >= 0.6 is 0 Å². The van der Waals surface area contributed by atoms with E-state index in [9.17, 15) is 4.79 Å². The highest BCUT2D eigenvalue weighted by Gasteiger charge is 2.31. The summed E-state index contributed by atoms with van der Waals surface area (Å²) in [6.07, 6.45) is 6.39. The summed E-state index contributed by atoms with van der Waals surface area (Å²) in [5.41, 5.74) is 3.19. The van der Waals surface area contributed by atoms with Crippen molar-refractivity contribution in [2.24, 2.45) is 0 Å². The molecule has 0 spiro atoms. The zero-order valence-corrected chi connectivity index (χ0v) is 16.7. The summed E-state index contributed by atoms with van der Waals surface area (Å²) >= 11 is 0. The first-order chi connectivity index (χ1) is 14.7. The second kappa shape index (κ2) is 6.75. The Morgan fingerprint density at radius 3 is 2.83 bits per heavy atom. The van der Waals surface area contributed by atoms with Crippen LogP contribution in [0.15, 0.2) is 41.6 Å². The summed E-state index contributed by atoms with van der Waals surface area (Å²) in [7, 11) is 0. The first kappa shape index (κ1) is 17.8. The summed E-state index contributed by atoms with van der Waals surface area (Å²) in [6, 6.07) is 8.11. The molecule has 0 bridgehead atoms. The molecule has 6 rings (SSSR count). The summed E-state index contributed by atoms with van der Waals surface area (Å²) in [6.45, 7) is 3.66. The second-order valence-corrected chi connectivity index (χ2v) is 8.10. The predicted molar refractivity (Wildman–Crippen MR) is 111 cm³/mol. The molecular weight excluding hydrogens is 382 g/mol. The lowest BCUT2D eigenvalue weighted by atomic mass is 10.1. The molecule has 4 aromatic rings. The molecule has 2 fully saturated rings. The Hall–Kier alpha value is -3.04. The number of fused-ring (bicyclic) bond motifs is 3. The van der Waals surface area contributed by atoms with Gasteiger partial charge in [0, 0.05) is 6.61 Å². The van der Waals surface area contributed by atoms with Crippen molar-refractivity contribution in [1.29, 1.82) is 0 Å². The summed E-state index contributed by atoms with van der Waals surface area (Å²) < 4.78 is 11.3. The number of imidazole rings is 1. The van der Waals surface area contributed by atoms with E-state index >= 15 is 0 Å². The van der Waals surface area contributed by atoms with Gasteiger partial charge in [-0.25, -0.2) is 4.98 Å². The number of ether oxygens (including phenoxy) is 1. The molecule has 9 nitrogen and oxygen atoms in total. The number of para-hydroxylation sites is 2. The van der Waals surface area contributed by atoms with Crippen molar-refractivity contribution in [2.75, 3.05) is 13.2 Å². The van der Waals surface area contributed by atoms with E-state index in [1.807, 2.05) is 40.2 Å². The SMILES string of the molecule is CC1OCCC1n1c(=O)c2c(-n3nncc3C3CCCN3)ncn2c2ccccc21. The van der Waals surface area contributed by atoms with Gasteiger partial charge in [0.15, 0.2) is 11.3 Å². The van der Waals surface area contributed by atoms with Gasteiger partial charge < -0.3 is 10.1 Å². The fourth-order valence-corrected chi connectivity index (χ4v) is 4.94. The summed E-state index contributed by atoms with van der Waals surface area (Å²) in [4.78, 5) is 18.5. The first-order valence-corrected chi connectivity index (χ1v) is 10.5. The van der Waals surface area contributed by atoms with Crippen molar-refractivity contribution < 1.29 is 4.74 Å². The van der Waals surface area contributed by atoms with E-state index in [2.05, 4.69) is 20.6 Å². The third-order valence-corrected chi connectivity index (χ3v) is 6.43. The highest BCUT2D eigenvalue weighted by Crippen LogP contribution is 2.30. The van der Waals surface area contributed by atoms with Crippen molar-refractivity contribution in [3.8, 4) is 5.82 Å². The van der Waals surface area contributed by atoms with Crippen LogP contribution in [0.4, 0.5) is 0 Å². The zero-order valence-electron chi connectivity index (χ0n) is 16.7. The molecule has 1 aromatic carbocycles. The average molecular weight is 405 g/mol. The number of nitrogens with zero attached hydrogens (tertiary/aromatic N) is 6. The number of hydrogen-bond donors (Lipinski definition) is 1. The molecule has 0 saturated carbocycles. The number of aromatic nitrogens is 6. The van der Waals surface area contributed by atoms with E-state index in [1.54, 1.807) is 17.2 Å². The Balaban J connectivity index is 1.65. The standard InChI is InChI=1S/C21H23N7O2/c1-13-15(8-10-30-13)27-17-7-3-2-6-16(17)26-12-23-20(19(26)21(27)29)28-18(11-24-25-28)14-5-4-9-22-14/h2-3,6-7,11-15,22H,4-5,8-10H2,1H3. The fourth-order valence-electron chi connectivity index (χ4n) is 4.94. The van der Waals surface area contributed by atoms with E-state index in [1.165, 1.54) is 0 Å². The van der Waals surface area contributed by atoms with E-state index < -0.39 is 0 Å². The van der Waals surface area contributed by atoms with Crippen LogP contribution in [0, 0.1) is 0 Å². The van der Waals surface area contributed by atoms with E-state index in [0.717, 1.165) is 42.5 Å². The van der Waals surface area contributed by atoms with Gasteiger partial charge >= 0.3 is 0 Å². The van der Waals surface area contributed by atoms with E-state index in [0.29, 0.717) is 17.9 Å². The normalized spacial score (nSPS) is 24.4. The van der Waals surface area contributed by atoms with Gasteiger partial charge in [-0.3, -0.25) is 13.8 Å². The molecule has 1 N–H and O–H groups in total. The number of hydrogen-bond acceptors (Lipinski definition) is 6. The van der Waals surface area contributed by atoms with E-state index in [4.69, 9.17) is 4.74 Å². The van der Waals surface area contributed by atoms with Crippen LogP contribution in [0.2, 0.25) is 0 Å². The Morgan fingerprint density at radius 2 is 2.07 bits per heavy atom. The van der Waals surface area contributed by atoms with Crippen molar-refractivity contribution >= 4 is 16.6 Å². The second-order valence-electron chi connectivity index (χ2n) is 8.10. The molecule has 3 aromatic heterocycles. The van der Waals surface area contributed by atoms with Gasteiger partial charge in [0.2, 0.25) is 0 Å². The van der Waals surface area contributed by atoms with Crippen molar-refractivity contribution in [2.45, 2.75) is 44.4 Å². The molecule has 0 aliphatic carbocycles. The minimum absolute atomic E-state index is 0.0122. The minimum atomic E-state index is -0.0793. The molecule has 2 saturated heterocycles. The lowest BCUT2D eigenvalue weighted by Gasteiger charge is -2.21. The Kier molecular flexibility index (Phi) is 4.00. The van der Waals surface area contributed by atoms with Gasteiger partial charge in [0.1, 0.15) is 6.33 Å². The van der Waals surface area contributed by atoms with Gasteiger partial charge in [-0.15, -0.1) is 5.10 Å². The monoisotopic (exact) mass is 405 g/mol. The van der Waals surface area contributed by atoms with Crippen LogP contribution in [0.25, 0.3) is 22.4 Å². The maximum Gasteiger partial charge on any atom is 0.279 e. The molecule has 0 radical (unpaired) electrons. The number of nitrogens with one attached hydrogen (secondary N) is 1. The van der Waals surface area contributed by atoms with Crippen LogP contribution in [0.1, 0.15) is 44.0 Å². The number of benzene rings is 1. The van der Waals surface area contributed by atoms with Gasteiger partial charge in [-0.05, 0) is 44.9 Å². The molecule has 3 atom stereocenters. The van der Waals surface area contributed by atoms with Crippen molar-refractivity contribution in [1.82, 2.24) is 34.3 Å². The first-order valence-electron chi connectivity index (χ1n) is 10.5.